The van der Waals surface area contributed by atoms with E-state index in [1.54, 1.807) is 4.90 Å². The van der Waals surface area contributed by atoms with Crippen molar-refractivity contribution in [3.63, 3.8) is 0 Å². The van der Waals surface area contributed by atoms with Crippen LogP contribution in [0.2, 0.25) is 0 Å². The van der Waals surface area contributed by atoms with Gasteiger partial charge in [-0.25, -0.2) is 4.79 Å². The first kappa shape index (κ1) is 19.1. The molecule has 0 aromatic heterocycles. The molecule has 2 saturated heterocycles. The number of primary amides is 1. The van der Waals surface area contributed by atoms with Gasteiger partial charge in [-0.1, -0.05) is 20.8 Å². The van der Waals surface area contributed by atoms with Crippen molar-refractivity contribution in [2.45, 2.75) is 59.3 Å². The molecule has 2 N–H and O–H groups in total. The number of carbonyl (C=O) groups is 2. The average molecular weight is 338 g/mol. The van der Waals surface area contributed by atoms with Crippen LogP contribution < -0.4 is 5.73 Å². The molecule has 0 aromatic carbocycles. The van der Waals surface area contributed by atoms with Crippen molar-refractivity contribution >= 4 is 11.9 Å². The minimum Gasteiger partial charge on any atom is -0.351 e. The molecule has 2 heterocycles. The number of hydrogen-bond donors (Lipinski definition) is 1. The maximum Gasteiger partial charge on any atom is 0.314 e. The highest BCUT2D eigenvalue weighted by molar-refractivity contribution is 5.76. The van der Waals surface area contributed by atoms with Crippen LogP contribution in [0.25, 0.3) is 0 Å². The number of hydrogen-bond acceptors (Lipinski definition) is 2. The SMILES string of the molecule is CC(C)C1CCN(C(=O)CCC(C)C2CCN(C(N)=O)CC2)CC1. The van der Waals surface area contributed by atoms with Crippen molar-refractivity contribution in [3.8, 4) is 0 Å². The Bertz CT molecular complexity index is 422. The third kappa shape index (κ3) is 5.12. The van der Waals surface area contributed by atoms with E-state index < -0.39 is 0 Å². The van der Waals surface area contributed by atoms with Crippen molar-refractivity contribution < 1.29 is 9.59 Å². The van der Waals surface area contributed by atoms with Crippen LogP contribution >= 0.6 is 0 Å². The van der Waals surface area contributed by atoms with E-state index in [1.165, 1.54) is 0 Å². The second-order valence-corrected chi connectivity index (χ2v) is 8.14. The van der Waals surface area contributed by atoms with E-state index in [2.05, 4.69) is 25.7 Å². The molecular weight excluding hydrogens is 302 g/mol. The van der Waals surface area contributed by atoms with Crippen LogP contribution in [0, 0.1) is 23.7 Å². The number of nitrogens with zero attached hydrogens (tertiary/aromatic N) is 2. The lowest BCUT2D eigenvalue weighted by Crippen LogP contribution is -2.43. The van der Waals surface area contributed by atoms with E-state index in [4.69, 9.17) is 5.73 Å². The fourth-order valence-corrected chi connectivity index (χ4v) is 4.25. The fourth-order valence-electron chi connectivity index (χ4n) is 4.25. The molecule has 0 saturated carbocycles. The Morgan fingerprint density at radius 1 is 0.917 bits per heavy atom. The first-order valence-corrected chi connectivity index (χ1v) is 9.70. The zero-order valence-corrected chi connectivity index (χ0v) is 15.7. The van der Waals surface area contributed by atoms with E-state index in [1.807, 2.05) is 0 Å². The normalized spacial score (nSPS) is 22.0. The number of nitrogens with two attached hydrogens (primary N) is 1. The Kier molecular flexibility index (Phi) is 6.93. The molecule has 0 bridgehead atoms. The Hall–Kier alpha value is -1.26. The number of piperidine rings is 2. The Balaban J connectivity index is 1.68. The number of amides is 3. The molecule has 1 unspecified atom stereocenters. The minimum absolute atomic E-state index is 0.305. The number of carbonyl (C=O) groups excluding carboxylic acids is 2. The van der Waals surface area contributed by atoms with Crippen LogP contribution in [-0.2, 0) is 4.79 Å². The quantitative estimate of drug-likeness (QED) is 0.837. The maximum absolute atomic E-state index is 12.5. The molecule has 138 valence electrons. The Morgan fingerprint density at radius 3 is 1.92 bits per heavy atom. The first-order chi connectivity index (χ1) is 11.4. The van der Waals surface area contributed by atoms with Gasteiger partial charge in [-0.2, -0.15) is 0 Å². The van der Waals surface area contributed by atoms with Gasteiger partial charge in [0.25, 0.3) is 0 Å². The molecule has 0 radical (unpaired) electrons. The van der Waals surface area contributed by atoms with Gasteiger partial charge in [0, 0.05) is 32.6 Å². The van der Waals surface area contributed by atoms with E-state index in [0.717, 1.165) is 70.1 Å². The van der Waals surface area contributed by atoms with Gasteiger partial charge in [0.2, 0.25) is 5.91 Å². The monoisotopic (exact) mass is 337 g/mol. The molecule has 5 nitrogen and oxygen atoms in total. The molecule has 0 aliphatic carbocycles. The highest BCUT2D eigenvalue weighted by Gasteiger charge is 2.27. The Morgan fingerprint density at radius 2 is 1.42 bits per heavy atom. The maximum atomic E-state index is 12.5. The van der Waals surface area contributed by atoms with Crippen LogP contribution in [0.4, 0.5) is 4.79 Å². The molecule has 0 aromatic rings. The van der Waals surface area contributed by atoms with E-state index in [-0.39, 0.29) is 6.03 Å². The second kappa shape index (κ2) is 8.72. The lowest BCUT2D eigenvalue weighted by Gasteiger charge is -2.35. The molecule has 2 aliphatic rings. The van der Waals surface area contributed by atoms with Crippen molar-refractivity contribution in [2.24, 2.45) is 29.4 Å². The predicted molar refractivity (Wildman–Crippen MR) is 96.4 cm³/mol. The van der Waals surface area contributed by atoms with Crippen LogP contribution in [0.3, 0.4) is 0 Å². The molecule has 1 atom stereocenters. The minimum atomic E-state index is -0.305. The highest BCUT2D eigenvalue weighted by atomic mass is 16.2. The van der Waals surface area contributed by atoms with Gasteiger partial charge in [0.1, 0.15) is 0 Å². The molecule has 24 heavy (non-hydrogen) atoms. The molecule has 0 spiro atoms. The predicted octanol–water partition coefficient (Wildman–Crippen LogP) is 3.09. The van der Waals surface area contributed by atoms with Crippen LogP contribution in [0.15, 0.2) is 0 Å². The van der Waals surface area contributed by atoms with E-state index in [0.29, 0.717) is 24.2 Å². The van der Waals surface area contributed by atoms with Crippen molar-refractivity contribution in [1.82, 2.24) is 9.80 Å². The zero-order chi connectivity index (χ0) is 17.7. The summed E-state index contributed by atoms with van der Waals surface area (Å²) >= 11 is 0. The van der Waals surface area contributed by atoms with Gasteiger partial charge in [0.05, 0.1) is 0 Å². The molecule has 2 rings (SSSR count). The third-order valence-electron chi connectivity index (χ3n) is 6.30. The van der Waals surface area contributed by atoms with Gasteiger partial charge in [-0.05, 0) is 55.8 Å². The number of rotatable bonds is 5. The summed E-state index contributed by atoms with van der Waals surface area (Å²) in [5.74, 6) is 2.99. The summed E-state index contributed by atoms with van der Waals surface area (Å²) in [6, 6.07) is -0.305. The smallest absolute Gasteiger partial charge is 0.314 e. The van der Waals surface area contributed by atoms with Gasteiger partial charge in [-0.15, -0.1) is 0 Å². The average Bonchev–Trinajstić information content (AvgIpc) is 2.59. The fraction of sp³-hybridized carbons (Fsp3) is 0.895. The highest BCUT2D eigenvalue weighted by Crippen LogP contribution is 2.29. The number of likely N-dealkylation sites (tertiary alicyclic amines) is 2. The van der Waals surface area contributed by atoms with Gasteiger partial charge in [-0.3, -0.25) is 4.79 Å². The molecule has 2 aliphatic heterocycles. The second-order valence-electron chi connectivity index (χ2n) is 8.14. The van der Waals surface area contributed by atoms with Crippen LogP contribution in [0.5, 0.6) is 0 Å². The zero-order valence-electron chi connectivity index (χ0n) is 15.7. The van der Waals surface area contributed by atoms with Crippen molar-refractivity contribution in [1.29, 1.82) is 0 Å². The molecule has 3 amide bonds. The molecular formula is C19H35N3O2. The summed E-state index contributed by atoms with van der Waals surface area (Å²) in [5, 5.41) is 0. The van der Waals surface area contributed by atoms with E-state index >= 15 is 0 Å². The molecule has 2 fully saturated rings. The summed E-state index contributed by atoms with van der Waals surface area (Å²) < 4.78 is 0. The Labute approximate surface area is 146 Å². The van der Waals surface area contributed by atoms with Gasteiger partial charge >= 0.3 is 6.03 Å². The topological polar surface area (TPSA) is 66.6 Å². The van der Waals surface area contributed by atoms with Crippen LogP contribution in [0.1, 0.15) is 59.3 Å². The van der Waals surface area contributed by atoms with Crippen molar-refractivity contribution in [2.75, 3.05) is 26.2 Å². The number of urea groups is 1. The van der Waals surface area contributed by atoms with Gasteiger partial charge < -0.3 is 15.5 Å². The van der Waals surface area contributed by atoms with Crippen LogP contribution in [-0.4, -0.2) is 47.9 Å². The van der Waals surface area contributed by atoms with Gasteiger partial charge in [0.15, 0.2) is 0 Å². The third-order valence-corrected chi connectivity index (χ3v) is 6.30. The lowest BCUT2D eigenvalue weighted by molar-refractivity contribution is -0.133. The molecule has 5 heteroatoms. The van der Waals surface area contributed by atoms with E-state index in [9.17, 15) is 9.59 Å². The summed E-state index contributed by atoms with van der Waals surface area (Å²) in [4.78, 5) is 27.4. The van der Waals surface area contributed by atoms with Crippen molar-refractivity contribution in [3.05, 3.63) is 0 Å². The summed E-state index contributed by atoms with van der Waals surface area (Å²) in [7, 11) is 0. The first-order valence-electron chi connectivity index (χ1n) is 9.70. The summed E-state index contributed by atoms with van der Waals surface area (Å²) in [6.45, 7) is 10.2. The lowest BCUT2D eigenvalue weighted by atomic mass is 9.82. The summed E-state index contributed by atoms with van der Waals surface area (Å²) in [5.41, 5.74) is 5.33. The summed E-state index contributed by atoms with van der Waals surface area (Å²) in [6.07, 6.45) is 5.97. The standard InChI is InChI=1S/C19H35N3O2/c1-14(2)16-6-10-21(11-7-16)18(23)5-4-15(3)17-8-12-22(13-9-17)19(20)24/h14-17H,4-13H2,1-3H3,(H2,20,24). The largest absolute Gasteiger partial charge is 0.351 e.